The van der Waals surface area contributed by atoms with Crippen LogP contribution < -0.4 is 0 Å². The molecule has 0 aliphatic carbocycles. The van der Waals surface area contributed by atoms with Crippen LogP contribution in [0.4, 0.5) is 0 Å². The van der Waals surface area contributed by atoms with Crippen molar-refractivity contribution < 1.29 is 4.74 Å². The first-order chi connectivity index (χ1) is 6.34. The van der Waals surface area contributed by atoms with Crippen LogP contribution in [0.25, 0.3) is 0 Å². The average Bonchev–Trinajstić information content (AvgIpc) is 2.53. The lowest BCUT2D eigenvalue weighted by atomic mass is 10.1. The third-order valence-corrected chi connectivity index (χ3v) is 2.85. The zero-order valence-electron chi connectivity index (χ0n) is 7.45. The minimum absolute atomic E-state index is 0.402. The highest BCUT2D eigenvalue weighted by molar-refractivity contribution is 14.1. The van der Waals surface area contributed by atoms with E-state index in [4.69, 9.17) is 4.74 Å². The van der Waals surface area contributed by atoms with Crippen molar-refractivity contribution in [2.45, 2.75) is 31.9 Å². The summed E-state index contributed by atoms with van der Waals surface area (Å²) < 4.78 is 8.80. The van der Waals surface area contributed by atoms with Crippen LogP contribution in [0.15, 0.2) is 12.5 Å². The lowest BCUT2D eigenvalue weighted by molar-refractivity contribution is 0.00597. The Labute approximate surface area is 91.6 Å². The molecule has 1 aromatic rings. The van der Waals surface area contributed by atoms with Gasteiger partial charge in [0.2, 0.25) is 0 Å². The second-order valence-electron chi connectivity index (χ2n) is 3.38. The Bertz CT molecular complexity index is 268. The summed E-state index contributed by atoms with van der Waals surface area (Å²) in [4.78, 5) is 4.18. The van der Waals surface area contributed by atoms with E-state index in [2.05, 4.69) is 38.3 Å². The molecule has 4 heteroatoms. The predicted octanol–water partition coefficient (Wildman–Crippen LogP) is 2.06. The molecule has 2 heterocycles. The fraction of sp³-hybridized carbons (Fsp3) is 0.667. The van der Waals surface area contributed by atoms with E-state index in [1.807, 2.05) is 6.33 Å². The zero-order valence-corrected chi connectivity index (χ0v) is 9.61. The van der Waals surface area contributed by atoms with Gasteiger partial charge in [-0.15, -0.1) is 0 Å². The van der Waals surface area contributed by atoms with Gasteiger partial charge >= 0.3 is 0 Å². The third kappa shape index (κ3) is 2.67. The van der Waals surface area contributed by atoms with Crippen molar-refractivity contribution in [2.75, 3.05) is 6.61 Å². The van der Waals surface area contributed by atoms with E-state index in [0.717, 1.165) is 16.9 Å². The van der Waals surface area contributed by atoms with E-state index in [9.17, 15) is 0 Å². The number of aromatic nitrogens is 2. The first kappa shape index (κ1) is 9.45. The van der Waals surface area contributed by atoms with Gasteiger partial charge in [0.05, 0.1) is 12.4 Å². The van der Waals surface area contributed by atoms with Gasteiger partial charge in [0.15, 0.2) is 0 Å². The van der Waals surface area contributed by atoms with Crippen LogP contribution in [0.2, 0.25) is 0 Å². The minimum Gasteiger partial charge on any atom is -0.376 e. The number of ether oxygens (including phenoxy) is 1. The summed E-state index contributed by atoms with van der Waals surface area (Å²) in [6.07, 6.45) is 8.04. The Balaban J connectivity index is 1.89. The van der Waals surface area contributed by atoms with E-state index in [0.29, 0.717) is 6.10 Å². The van der Waals surface area contributed by atoms with Crippen LogP contribution in [0.3, 0.4) is 0 Å². The molecule has 0 saturated carbocycles. The molecule has 3 nitrogen and oxygen atoms in total. The first-order valence-electron chi connectivity index (χ1n) is 4.63. The Morgan fingerprint density at radius 1 is 1.62 bits per heavy atom. The van der Waals surface area contributed by atoms with Gasteiger partial charge in [-0.25, -0.2) is 4.98 Å². The van der Waals surface area contributed by atoms with Crippen LogP contribution >= 0.6 is 22.6 Å². The number of hydrogen-bond donors (Lipinski definition) is 0. The third-order valence-electron chi connectivity index (χ3n) is 2.29. The summed E-state index contributed by atoms with van der Waals surface area (Å²) in [5, 5.41) is 0. The number of nitrogens with zero attached hydrogens (tertiary/aromatic N) is 2. The van der Waals surface area contributed by atoms with Crippen molar-refractivity contribution in [3.8, 4) is 0 Å². The van der Waals surface area contributed by atoms with E-state index >= 15 is 0 Å². The Morgan fingerprint density at radius 3 is 3.15 bits per heavy atom. The summed E-state index contributed by atoms with van der Waals surface area (Å²) >= 11 is 2.22. The summed E-state index contributed by atoms with van der Waals surface area (Å²) in [5.74, 6) is 0. The molecule has 1 aliphatic heterocycles. The highest BCUT2D eigenvalue weighted by Gasteiger charge is 2.13. The lowest BCUT2D eigenvalue weighted by Gasteiger charge is -2.22. The Kier molecular flexibility index (Phi) is 3.21. The molecular weight excluding hydrogens is 279 g/mol. The van der Waals surface area contributed by atoms with Crippen LogP contribution in [-0.2, 0) is 11.3 Å². The molecule has 0 aromatic carbocycles. The predicted molar refractivity (Wildman–Crippen MR) is 58.5 cm³/mol. The quantitative estimate of drug-likeness (QED) is 0.780. The number of rotatable bonds is 2. The molecule has 13 heavy (non-hydrogen) atoms. The van der Waals surface area contributed by atoms with Gasteiger partial charge in [-0.1, -0.05) is 0 Å². The highest BCUT2D eigenvalue weighted by atomic mass is 127. The number of imidazole rings is 1. The first-order valence-corrected chi connectivity index (χ1v) is 5.71. The summed E-state index contributed by atoms with van der Waals surface area (Å²) in [6, 6.07) is 0. The molecule has 0 spiro atoms. The zero-order chi connectivity index (χ0) is 9.10. The number of hydrogen-bond acceptors (Lipinski definition) is 2. The fourth-order valence-corrected chi connectivity index (χ4v) is 2.10. The van der Waals surface area contributed by atoms with Gasteiger partial charge in [-0.05, 0) is 41.9 Å². The maximum Gasteiger partial charge on any atom is 0.119 e. The molecule has 0 radical (unpaired) electrons. The van der Waals surface area contributed by atoms with Crippen molar-refractivity contribution in [1.82, 2.24) is 9.55 Å². The van der Waals surface area contributed by atoms with Crippen molar-refractivity contribution in [3.63, 3.8) is 0 Å². The Morgan fingerprint density at radius 2 is 2.54 bits per heavy atom. The van der Waals surface area contributed by atoms with Crippen LogP contribution in [0.5, 0.6) is 0 Å². The molecule has 1 atom stereocenters. The SMILES string of the molecule is Ic1cn(C[C@H]2CCCCO2)cn1. The van der Waals surface area contributed by atoms with Gasteiger partial charge in [-0.2, -0.15) is 0 Å². The molecule has 1 aromatic heterocycles. The molecule has 0 bridgehead atoms. The van der Waals surface area contributed by atoms with Crippen molar-refractivity contribution in [3.05, 3.63) is 16.2 Å². The Hall–Kier alpha value is -0.100. The van der Waals surface area contributed by atoms with Crippen molar-refractivity contribution >= 4 is 22.6 Å². The summed E-state index contributed by atoms with van der Waals surface area (Å²) in [6.45, 7) is 1.88. The van der Waals surface area contributed by atoms with Crippen molar-refractivity contribution in [1.29, 1.82) is 0 Å². The monoisotopic (exact) mass is 292 g/mol. The molecule has 72 valence electrons. The summed E-state index contributed by atoms with van der Waals surface area (Å²) in [5.41, 5.74) is 0. The molecular formula is C9H13IN2O. The molecule has 0 unspecified atom stereocenters. The van der Waals surface area contributed by atoms with E-state index < -0.39 is 0 Å². The molecule has 0 N–H and O–H groups in total. The van der Waals surface area contributed by atoms with E-state index in [1.165, 1.54) is 19.3 Å². The van der Waals surface area contributed by atoms with Gasteiger partial charge in [0.1, 0.15) is 3.70 Å². The molecule has 0 amide bonds. The van der Waals surface area contributed by atoms with Gasteiger partial charge in [0, 0.05) is 19.3 Å². The number of halogens is 1. The lowest BCUT2D eigenvalue weighted by Crippen LogP contribution is -2.23. The topological polar surface area (TPSA) is 27.1 Å². The standard InChI is InChI=1S/C9H13IN2O/c10-9-6-12(7-11-9)5-8-3-1-2-4-13-8/h6-8H,1-5H2/t8-/m1/s1. The molecule has 1 aliphatic rings. The van der Waals surface area contributed by atoms with E-state index in [1.54, 1.807) is 0 Å². The highest BCUT2D eigenvalue weighted by Crippen LogP contribution is 2.14. The largest absolute Gasteiger partial charge is 0.376 e. The molecule has 1 saturated heterocycles. The minimum atomic E-state index is 0.402. The maximum absolute atomic E-state index is 5.64. The van der Waals surface area contributed by atoms with Gasteiger partial charge in [0.25, 0.3) is 0 Å². The smallest absolute Gasteiger partial charge is 0.119 e. The maximum atomic E-state index is 5.64. The second kappa shape index (κ2) is 4.41. The molecule has 2 rings (SSSR count). The average molecular weight is 292 g/mol. The van der Waals surface area contributed by atoms with Crippen molar-refractivity contribution in [2.24, 2.45) is 0 Å². The van der Waals surface area contributed by atoms with Crippen LogP contribution in [-0.4, -0.2) is 22.3 Å². The second-order valence-corrected chi connectivity index (χ2v) is 4.49. The summed E-state index contributed by atoms with van der Waals surface area (Å²) in [7, 11) is 0. The van der Waals surface area contributed by atoms with Gasteiger partial charge < -0.3 is 9.30 Å². The van der Waals surface area contributed by atoms with Gasteiger partial charge in [-0.3, -0.25) is 0 Å². The fourth-order valence-electron chi connectivity index (χ4n) is 1.62. The van der Waals surface area contributed by atoms with Crippen LogP contribution in [0, 0.1) is 3.70 Å². The normalized spacial score (nSPS) is 23.3. The van der Waals surface area contributed by atoms with E-state index in [-0.39, 0.29) is 0 Å². The molecule has 1 fully saturated rings. The van der Waals surface area contributed by atoms with Crippen LogP contribution in [0.1, 0.15) is 19.3 Å².